The number of aromatic carboxylic acids is 1. The first-order valence-corrected chi connectivity index (χ1v) is 6.28. The quantitative estimate of drug-likeness (QED) is 0.903. The molecule has 7 heteroatoms. The van der Waals surface area contributed by atoms with Crippen molar-refractivity contribution in [2.75, 3.05) is 11.4 Å². The minimum Gasteiger partial charge on any atom is -0.478 e. The van der Waals surface area contributed by atoms with Gasteiger partial charge in [0, 0.05) is 10.5 Å². The molecular weight excluding hydrogens is 327 g/mol. The first-order valence-electron chi connectivity index (χ1n) is 5.48. The first-order chi connectivity index (χ1) is 8.63. The summed E-state index contributed by atoms with van der Waals surface area (Å²) in [6.07, 6.45) is -4.40. The van der Waals surface area contributed by atoms with Crippen LogP contribution in [0.4, 0.5) is 18.9 Å². The molecule has 1 aromatic rings. The number of halogens is 4. The number of nitrogens with zero attached hydrogens (tertiary/aromatic N) is 1. The third-order valence-corrected chi connectivity index (χ3v) is 3.15. The summed E-state index contributed by atoms with van der Waals surface area (Å²) in [6.45, 7) is 1.97. The standard InChI is InChI=1S/C12H13BrF3NO2/c1-7(2)17(6-12(14,15)16)9-5-3-4-8(13)10(9)11(18)19/h3-5,7H,6H2,1-2H3,(H,18,19). The van der Waals surface area contributed by atoms with Gasteiger partial charge in [-0.2, -0.15) is 13.2 Å². The number of carboxylic acids is 1. The van der Waals surface area contributed by atoms with E-state index >= 15 is 0 Å². The van der Waals surface area contributed by atoms with E-state index in [9.17, 15) is 18.0 Å². The highest BCUT2D eigenvalue weighted by molar-refractivity contribution is 9.10. The third kappa shape index (κ3) is 4.12. The van der Waals surface area contributed by atoms with Crippen LogP contribution >= 0.6 is 15.9 Å². The predicted octanol–water partition coefficient (Wildman–Crippen LogP) is 3.92. The molecular formula is C12H13BrF3NO2. The van der Waals surface area contributed by atoms with Crippen molar-refractivity contribution >= 4 is 27.6 Å². The summed E-state index contributed by atoms with van der Waals surface area (Å²) in [5.41, 5.74) is -0.116. The zero-order chi connectivity index (χ0) is 14.8. The number of carboxylic acid groups (broad SMARTS) is 1. The summed E-state index contributed by atoms with van der Waals surface area (Å²) in [4.78, 5) is 12.2. The molecule has 0 atom stereocenters. The van der Waals surface area contributed by atoms with Crippen LogP contribution in [-0.2, 0) is 0 Å². The van der Waals surface area contributed by atoms with Gasteiger partial charge in [0.25, 0.3) is 0 Å². The van der Waals surface area contributed by atoms with Crippen molar-refractivity contribution in [3.63, 3.8) is 0 Å². The van der Waals surface area contributed by atoms with Crippen molar-refractivity contribution in [3.05, 3.63) is 28.2 Å². The number of hydrogen-bond donors (Lipinski definition) is 1. The maximum atomic E-state index is 12.6. The molecule has 1 rings (SSSR count). The Balaban J connectivity index is 3.31. The van der Waals surface area contributed by atoms with Crippen LogP contribution in [0.3, 0.4) is 0 Å². The molecule has 0 spiro atoms. The highest BCUT2D eigenvalue weighted by Crippen LogP contribution is 2.31. The second-order valence-electron chi connectivity index (χ2n) is 4.28. The van der Waals surface area contributed by atoms with Gasteiger partial charge in [0.2, 0.25) is 0 Å². The Bertz CT molecular complexity index is 475. The Labute approximate surface area is 117 Å². The van der Waals surface area contributed by atoms with E-state index in [0.717, 1.165) is 4.90 Å². The topological polar surface area (TPSA) is 40.5 Å². The van der Waals surface area contributed by atoms with Gasteiger partial charge in [-0.1, -0.05) is 6.07 Å². The Hall–Kier alpha value is -1.24. The third-order valence-electron chi connectivity index (χ3n) is 2.49. The zero-order valence-corrected chi connectivity index (χ0v) is 11.9. The highest BCUT2D eigenvalue weighted by atomic mass is 79.9. The fourth-order valence-electron chi connectivity index (χ4n) is 1.70. The van der Waals surface area contributed by atoms with Crippen molar-refractivity contribution in [3.8, 4) is 0 Å². The molecule has 0 aliphatic heterocycles. The van der Waals surface area contributed by atoms with Crippen LogP contribution in [0, 0.1) is 0 Å². The number of benzene rings is 1. The van der Waals surface area contributed by atoms with Crippen LogP contribution in [0.5, 0.6) is 0 Å². The van der Waals surface area contributed by atoms with E-state index < -0.39 is 24.7 Å². The van der Waals surface area contributed by atoms with E-state index in [1.165, 1.54) is 18.2 Å². The molecule has 0 fully saturated rings. The van der Waals surface area contributed by atoms with Gasteiger partial charge < -0.3 is 10.0 Å². The normalized spacial score (nSPS) is 11.7. The van der Waals surface area contributed by atoms with Gasteiger partial charge >= 0.3 is 12.1 Å². The minimum absolute atomic E-state index is 0.0502. The average molecular weight is 340 g/mol. The van der Waals surface area contributed by atoms with Gasteiger partial charge in [0.05, 0.1) is 11.3 Å². The van der Waals surface area contributed by atoms with Crippen molar-refractivity contribution in [1.82, 2.24) is 0 Å². The van der Waals surface area contributed by atoms with Crippen molar-refractivity contribution < 1.29 is 23.1 Å². The van der Waals surface area contributed by atoms with Crippen LogP contribution in [0.15, 0.2) is 22.7 Å². The van der Waals surface area contributed by atoms with E-state index in [4.69, 9.17) is 5.11 Å². The van der Waals surface area contributed by atoms with Gasteiger partial charge in [-0.05, 0) is 41.9 Å². The van der Waals surface area contributed by atoms with E-state index in [1.807, 2.05) is 0 Å². The second kappa shape index (κ2) is 5.81. The molecule has 1 N–H and O–H groups in total. The smallest absolute Gasteiger partial charge is 0.405 e. The fourth-order valence-corrected chi connectivity index (χ4v) is 2.23. The van der Waals surface area contributed by atoms with E-state index in [0.29, 0.717) is 0 Å². The largest absolute Gasteiger partial charge is 0.478 e. The molecule has 1 aromatic carbocycles. The van der Waals surface area contributed by atoms with Crippen LogP contribution < -0.4 is 4.90 Å². The van der Waals surface area contributed by atoms with Gasteiger partial charge in [-0.3, -0.25) is 0 Å². The lowest BCUT2D eigenvalue weighted by Crippen LogP contribution is -2.40. The number of anilines is 1. The van der Waals surface area contributed by atoms with E-state index in [-0.39, 0.29) is 15.7 Å². The molecule has 106 valence electrons. The second-order valence-corrected chi connectivity index (χ2v) is 5.13. The maximum absolute atomic E-state index is 12.6. The number of carbonyl (C=O) groups is 1. The van der Waals surface area contributed by atoms with Gasteiger partial charge in [-0.25, -0.2) is 4.79 Å². The lowest BCUT2D eigenvalue weighted by molar-refractivity contribution is -0.120. The molecule has 0 heterocycles. The Morgan fingerprint density at radius 1 is 1.42 bits per heavy atom. The highest BCUT2D eigenvalue weighted by Gasteiger charge is 2.33. The molecule has 0 unspecified atom stereocenters. The number of alkyl halides is 3. The Morgan fingerprint density at radius 3 is 2.42 bits per heavy atom. The summed E-state index contributed by atoms with van der Waals surface area (Å²) in [6, 6.07) is 3.89. The SMILES string of the molecule is CC(C)N(CC(F)(F)F)c1cccc(Br)c1C(=O)O. The number of rotatable bonds is 4. The van der Waals surface area contributed by atoms with Gasteiger partial charge in [-0.15, -0.1) is 0 Å². The van der Waals surface area contributed by atoms with Gasteiger partial charge in [0.1, 0.15) is 6.54 Å². The maximum Gasteiger partial charge on any atom is 0.405 e. The summed E-state index contributed by atoms with van der Waals surface area (Å²) < 4.78 is 38.0. The molecule has 0 radical (unpaired) electrons. The molecule has 0 saturated carbocycles. The summed E-state index contributed by atoms with van der Waals surface area (Å²) in [7, 11) is 0. The number of hydrogen-bond acceptors (Lipinski definition) is 2. The zero-order valence-electron chi connectivity index (χ0n) is 10.3. The lowest BCUT2D eigenvalue weighted by Gasteiger charge is -2.31. The average Bonchev–Trinajstić information content (AvgIpc) is 2.23. The van der Waals surface area contributed by atoms with Crippen molar-refractivity contribution in [1.29, 1.82) is 0 Å². The molecule has 0 saturated heterocycles. The molecule has 19 heavy (non-hydrogen) atoms. The molecule has 0 aliphatic rings. The molecule has 3 nitrogen and oxygen atoms in total. The van der Waals surface area contributed by atoms with Crippen LogP contribution in [0.2, 0.25) is 0 Å². The lowest BCUT2D eigenvalue weighted by atomic mass is 10.1. The monoisotopic (exact) mass is 339 g/mol. The van der Waals surface area contributed by atoms with E-state index in [1.54, 1.807) is 13.8 Å². The van der Waals surface area contributed by atoms with Gasteiger partial charge in [0.15, 0.2) is 0 Å². The Kier molecular flexibility index (Phi) is 4.84. The molecule has 0 amide bonds. The fraction of sp³-hybridized carbons (Fsp3) is 0.417. The minimum atomic E-state index is -4.40. The Morgan fingerprint density at radius 2 is 2.00 bits per heavy atom. The molecule has 0 aliphatic carbocycles. The van der Waals surface area contributed by atoms with Crippen molar-refractivity contribution in [2.24, 2.45) is 0 Å². The summed E-state index contributed by atoms with van der Waals surface area (Å²) in [5, 5.41) is 9.14. The predicted molar refractivity (Wildman–Crippen MR) is 69.6 cm³/mol. The molecule has 0 bridgehead atoms. The molecule has 0 aromatic heterocycles. The summed E-state index contributed by atoms with van der Waals surface area (Å²) >= 11 is 3.06. The van der Waals surface area contributed by atoms with Crippen LogP contribution in [-0.4, -0.2) is 29.8 Å². The first kappa shape index (κ1) is 15.8. The van der Waals surface area contributed by atoms with E-state index in [2.05, 4.69) is 15.9 Å². The van der Waals surface area contributed by atoms with Crippen molar-refractivity contribution in [2.45, 2.75) is 26.1 Å². The van der Waals surface area contributed by atoms with Crippen LogP contribution in [0.25, 0.3) is 0 Å². The summed E-state index contributed by atoms with van der Waals surface area (Å²) in [5.74, 6) is -1.27. The van der Waals surface area contributed by atoms with Crippen LogP contribution in [0.1, 0.15) is 24.2 Å².